The van der Waals surface area contributed by atoms with Crippen LogP contribution < -0.4 is 62.2 Å². The number of thiophene rings is 2. The maximum atomic E-state index is 2.68. The molecule has 19 aromatic rings. The van der Waals surface area contributed by atoms with Gasteiger partial charge in [-0.1, -0.05) is 273 Å². The maximum Gasteiger partial charge on any atom is 0.252 e. The smallest absolute Gasteiger partial charge is 0.252 e. The molecule has 112 heavy (non-hydrogen) atoms. The monoisotopic (exact) mass is 1460 g/mol. The zero-order chi connectivity index (χ0) is 73.5. The van der Waals surface area contributed by atoms with E-state index < -0.39 is 0 Å². The van der Waals surface area contributed by atoms with Crippen LogP contribution in [-0.2, 0) is 0 Å². The predicted octanol–water partition coefficient (Wildman–Crippen LogP) is 24.9. The highest BCUT2D eigenvalue weighted by atomic mass is 32.1. The second-order valence-electron chi connectivity index (χ2n) is 29.4. The highest BCUT2D eigenvalue weighted by Crippen LogP contribution is 2.56. The van der Waals surface area contributed by atoms with Gasteiger partial charge in [0, 0.05) is 110 Å². The summed E-state index contributed by atoms with van der Waals surface area (Å²) in [5.41, 5.74) is 31.6. The van der Waals surface area contributed by atoms with Gasteiger partial charge in [-0.05, 0) is 171 Å². The molecule has 0 bridgehead atoms. The van der Waals surface area contributed by atoms with E-state index in [9.17, 15) is 0 Å². The highest BCUT2D eigenvalue weighted by molar-refractivity contribution is 7.27. The van der Waals surface area contributed by atoms with Crippen LogP contribution in [0.15, 0.2) is 400 Å². The Hall–Kier alpha value is -13.9. The first kappa shape index (κ1) is 64.1. The molecule has 0 amide bonds. The van der Waals surface area contributed by atoms with Crippen LogP contribution in [0.3, 0.4) is 0 Å². The Bertz CT molecular complexity index is 6830. The van der Waals surface area contributed by atoms with E-state index >= 15 is 0 Å². The van der Waals surface area contributed by atoms with Crippen molar-refractivity contribution in [3.8, 4) is 22.3 Å². The van der Waals surface area contributed by atoms with Crippen molar-refractivity contribution < 1.29 is 0 Å². The minimum absolute atomic E-state index is 0.258. The van der Waals surface area contributed by atoms with Crippen molar-refractivity contribution in [2.24, 2.45) is 0 Å². The van der Waals surface area contributed by atoms with Crippen molar-refractivity contribution >= 4 is 212 Å². The molecule has 4 aliphatic heterocycles. The lowest BCUT2D eigenvalue weighted by Gasteiger charge is -2.48. The van der Waals surface area contributed by atoms with E-state index in [0.717, 1.165) is 125 Å². The Balaban J connectivity index is 0.873. The molecule has 0 fully saturated rings. The second-order valence-corrected chi connectivity index (χ2v) is 31.5. The number of anilines is 18. The third-order valence-corrected chi connectivity index (χ3v) is 25.7. The summed E-state index contributed by atoms with van der Waals surface area (Å²) in [7, 11) is 0. The molecule has 0 saturated heterocycles. The van der Waals surface area contributed by atoms with Gasteiger partial charge in [0.15, 0.2) is 0 Å². The molecule has 0 aliphatic carbocycles. The molecule has 0 saturated carbocycles. The van der Waals surface area contributed by atoms with Gasteiger partial charge in [0.2, 0.25) is 0 Å². The van der Waals surface area contributed by atoms with Crippen molar-refractivity contribution in [2.75, 3.05) is 29.4 Å². The number of rotatable bonds is 12. The van der Waals surface area contributed by atoms with E-state index in [4.69, 9.17) is 0 Å². The SMILES string of the molecule is c1ccc(-c2ccccc2N2c3cc4c(cc3B3c5ccccc5N(c5ccccc5)c5cc(N(c6ccccc6)c6cccc7c6sc6ccccc67)cc2c53)B2c3ccccc3N(c3cccc5c3sc3ccccc35)c3cc(N(c5ccccc5)c5ccccc5)cc(c32)N4c2ccccc2-c2ccccc2)cc1. The lowest BCUT2D eigenvalue weighted by atomic mass is 9.30. The van der Waals surface area contributed by atoms with E-state index in [0.29, 0.717) is 0 Å². The van der Waals surface area contributed by atoms with Gasteiger partial charge in [-0.2, -0.15) is 0 Å². The van der Waals surface area contributed by atoms with Crippen LogP contribution >= 0.6 is 22.7 Å². The van der Waals surface area contributed by atoms with Crippen LogP contribution in [0, 0.1) is 0 Å². The molecule has 0 radical (unpaired) electrons. The molecule has 23 rings (SSSR count). The van der Waals surface area contributed by atoms with Gasteiger partial charge in [0.1, 0.15) is 0 Å². The van der Waals surface area contributed by atoms with E-state index in [2.05, 4.69) is 430 Å². The summed E-state index contributed by atoms with van der Waals surface area (Å²) in [6.07, 6.45) is 0. The molecule has 6 heterocycles. The highest BCUT2D eigenvalue weighted by Gasteiger charge is 2.50. The third-order valence-electron chi connectivity index (χ3n) is 23.3. The summed E-state index contributed by atoms with van der Waals surface area (Å²) in [4.78, 5) is 15.5. The quantitative estimate of drug-likeness (QED) is 0.113. The first-order valence-corrected chi connectivity index (χ1v) is 40.1. The Morgan fingerprint density at radius 2 is 0.571 bits per heavy atom. The average Bonchev–Trinajstić information content (AvgIpc) is 0.740. The molecule has 6 nitrogen and oxygen atoms in total. The normalized spacial score (nSPS) is 12.9. The van der Waals surface area contributed by atoms with Crippen molar-refractivity contribution in [1.29, 1.82) is 0 Å². The molecule has 4 aliphatic rings. The first-order valence-electron chi connectivity index (χ1n) is 38.5. The lowest BCUT2D eigenvalue weighted by molar-refractivity contribution is 1.22. The molecule has 10 heteroatoms. The van der Waals surface area contributed by atoms with Crippen molar-refractivity contribution in [1.82, 2.24) is 0 Å². The molecule has 0 unspecified atom stereocenters. The van der Waals surface area contributed by atoms with Gasteiger partial charge >= 0.3 is 0 Å². The summed E-state index contributed by atoms with van der Waals surface area (Å²) in [6.45, 7) is -0.522. The largest absolute Gasteiger partial charge is 0.311 e. The summed E-state index contributed by atoms with van der Waals surface area (Å²) in [5.74, 6) is 0. The number of nitrogens with zero attached hydrogens (tertiary/aromatic N) is 6. The van der Waals surface area contributed by atoms with E-state index in [1.807, 2.05) is 22.7 Å². The minimum atomic E-state index is -0.264. The first-order chi connectivity index (χ1) is 55.6. The van der Waals surface area contributed by atoms with Crippen molar-refractivity contribution in [3.05, 3.63) is 400 Å². The van der Waals surface area contributed by atoms with Gasteiger partial charge in [-0.3, -0.25) is 0 Å². The van der Waals surface area contributed by atoms with Gasteiger partial charge < -0.3 is 29.4 Å². The van der Waals surface area contributed by atoms with E-state index in [1.54, 1.807) is 0 Å². The fourth-order valence-corrected chi connectivity index (χ4v) is 21.1. The fraction of sp³-hybridized carbons (Fsp3) is 0. The van der Waals surface area contributed by atoms with Crippen LogP contribution in [0.5, 0.6) is 0 Å². The predicted molar refractivity (Wildman–Crippen MR) is 481 cm³/mol. The van der Waals surface area contributed by atoms with Crippen LogP contribution in [0.25, 0.3) is 62.6 Å². The van der Waals surface area contributed by atoms with Crippen LogP contribution in [0.2, 0.25) is 0 Å². The molecular formula is C102H66B2N6S2. The van der Waals surface area contributed by atoms with Gasteiger partial charge in [-0.15, -0.1) is 22.7 Å². The summed E-state index contributed by atoms with van der Waals surface area (Å²) in [5, 5.41) is 5.01. The van der Waals surface area contributed by atoms with Crippen LogP contribution in [0.4, 0.5) is 102 Å². The zero-order valence-corrected chi connectivity index (χ0v) is 62.4. The molecule has 0 spiro atoms. The maximum absolute atomic E-state index is 2.68. The van der Waals surface area contributed by atoms with Gasteiger partial charge in [0.05, 0.1) is 43.5 Å². The molecular weight excluding hydrogens is 1390 g/mol. The topological polar surface area (TPSA) is 19.4 Å². The third kappa shape index (κ3) is 9.92. The average molecular weight is 1460 g/mol. The zero-order valence-electron chi connectivity index (χ0n) is 60.8. The second kappa shape index (κ2) is 25.9. The Morgan fingerprint density at radius 1 is 0.214 bits per heavy atom. The van der Waals surface area contributed by atoms with E-state index in [-0.39, 0.29) is 13.4 Å². The summed E-state index contributed by atoms with van der Waals surface area (Å²) < 4.78 is 5.00. The number of hydrogen-bond donors (Lipinski definition) is 0. The molecule has 0 atom stereocenters. The summed E-state index contributed by atoms with van der Waals surface area (Å²) in [6, 6.07) is 150. The molecule has 522 valence electrons. The number of para-hydroxylation sites is 8. The Labute approximate surface area is 658 Å². The molecule has 0 N–H and O–H groups in total. The Kier molecular flexibility index (Phi) is 14.8. The minimum Gasteiger partial charge on any atom is -0.311 e. The van der Waals surface area contributed by atoms with Crippen LogP contribution in [0.1, 0.15) is 0 Å². The Morgan fingerprint density at radius 3 is 1.09 bits per heavy atom. The lowest BCUT2D eigenvalue weighted by Crippen LogP contribution is -2.65. The van der Waals surface area contributed by atoms with Crippen molar-refractivity contribution in [2.45, 2.75) is 0 Å². The molecule has 17 aromatic carbocycles. The number of fused-ring (bicyclic) bond motifs is 14. The van der Waals surface area contributed by atoms with Gasteiger partial charge in [0.25, 0.3) is 13.4 Å². The van der Waals surface area contributed by atoms with Gasteiger partial charge in [-0.25, -0.2) is 0 Å². The molecule has 2 aromatic heterocycles. The summed E-state index contributed by atoms with van der Waals surface area (Å²) >= 11 is 3.75. The van der Waals surface area contributed by atoms with E-state index in [1.165, 1.54) is 73.1 Å². The standard InChI is InChI=1S/C102H66B2N6S2/c1-7-33-67(34-8-1)75-45-19-25-53-85(75)108-92-66-91-83(65-84(92)104-82-52-24-28-56-88(82)110(90-58-32-50-80-78-48-22-30-60-98(78)112-102(80)90)96-62-73(61-94(108)100(96)104)105(69-37-11-3-12-38-69)70-39-13-4-14-40-70)103-81-51-23-27-55-87(81)107(72-43-17-6-18-44-72)93-63-74(64-95(99(93)103)109(91)86-54-26-20-46-76(86)68-35-9-2-10-36-68)106(71-41-15-5-16-42-71)89-57-31-49-79-77-47-21-29-59-97(77)111-101(79)89/h1-66H. The fourth-order valence-electron chi connectivity index (χ4n) is 18.7. The van der Waals surface area contributed by atoms with Crippen LogP contribution in [-0.4, -0.2) is 13.4 Å². The number of hydrogen-bond acceptors (Lipinski definition) is 8. The van der Waals surface area contributed by atoms with Crippen molar-refractivity contribution in [3.63, 3.8) is 0 Å². The number of benzene rings is 17.